The minimum Gasteiger partial charge on any atom is -0.493 e. The third kappa shape index (κ3) is 6.72. The number of nitrogens with zero attached hydrogens (tertiary/aromatic N) is 2. The Morgan fingerprint density at radius 2 is 1.64 bits per heavy atom. The molecule has 0 atom stereocenters. The smallest absolute Gasteiger partial charge is 0.267 e. The van der Waals surface area contributed by atoms with Gasteiger partial charge in [0.2, 0.25) is 0 Å². The molecule has 4 aromatic rings. The van der Waals surface area contributed by atoms with Crippen LogP contribution in [0.1, 0.15) is 22.3 Å². The second-order valence-corrected chi connectivity index (χ2v) is 10.5. The average molecular weight is 555 g/mol. The number of methoxy groups -OCH3 is 1. The lowest BCUT2D eigenvalue weighted by Crippen LogP contribution is -2.28. The van der Waals surface area contributed by atoms with Crippen molar-refractivity contribution in [1.82, 2.24) is 4.90 Å². The number of aryl methyl sites for hydroxylation is 1. The van der Waals surface area contributed by atoms with E-state index >= 15 is 0 Å². The number of hydrogen-bond donors (Lipinski definition) is 0. The summed E-state index contributed by atoms with van der Waals surface area (Å²) < 4.78 is 11.6. The normalized spacial score (nSPS) is 15.3. The fourth-order valence-corrected chi connectivity index (χ4v) is 5.14. The number of carbonyl (C=O) groups is 1. The van der Waals surface area contributed by atoms with Gasteiger partial charge in [0, 0.05) is 5.02 Å². The molecule has 1 amide bonds. The van der Waals surface area contributed by atoms with Gasteiger partial charge in [0.25, 0.3) is 5.91 Å². The van der Waals surface area contributed by atoms with Gasteiger partial charge in [-0.15, -0.1) is 0 Å². The first kappa shape index (κ1) is 26.6. The predicted octanol–water partition coefficient (Wildman–Crippen LogP) is 8.04. The molecule has 0 unspecified atom stereocenters. The zero-order valence-electron chi connectivity index (χ0n) is 21.6. The molecule has 0 N–H and O–H groups in total. The topological polar surface area (TPSA) is 51.1 Å². The van der Waals surface area contributed by atoms with Crippen LogP contribution in [0.3, 0.4) is 0 Å². The van der Waals surface area contributed by atoms with E-state index in [4.69, 9.17) is 26.1 Å². The Labute approximate surface area is 237 Å². The van der Waals surface area contributed by atoms with E-state index in [0.717, 1.165) is 27.9 Å². The summed E-state index contributed by atoms with van der Waals surface area (Å²) in [7, 11) is 1.60. The molecule has 1 saturated heterocycles. The molecular formula is C32H27ClN2O3S. The SMILES string of the molecule is COc1cc(/C=C2/SC(=Nc3ccc(C)cc3)N(Cc3ccccc3)C2=O)ccc1OCc1ccc(Cl)cc1. The van der Waals surface area contributed by atoms with Crippen molar-refractivity contribution >= 4 is 46.2 Å². The van der Waals surface area contributed by atoms with Gasteiger partial charge in [-0.3, -0.25) is 9.69 Å². The van der Waals surface area contributed by atoms with Gasteiger partial charge < -0.3 is 9.47 Å². The van der Waals surface area contributed by atoms with Crippen molar-refractivity contribution in [2.24, 2.45) is 4.99 Å². The van der Waals surface area contributed by atoms with E-state index in [1.165, 1.54) is 11.8 Å². The molecule has 0 bridgehead atoms. The summed E-state index contributed by atoms with van der Waals surface area (Å²) in [5.74, 6) is 1.12. The average Bonchev–Trinajstić information content (AvgIpc) is 3.23. The van der Waals surface area contributed by atoms with Gasteiger partial charge in [0.15, 0.2) is 16.7 Å². The molecule has 196 valence electrons. The summed E-state index contributed by atoms with van der Waals surface area (Å²) in [5, 5.41) is 1.33. The first-order chi connectivity index (χ1) is 19.0. The van der Waals surface area contributed by atoms with E-state index < -0.39 is 0 Å². The predicted molar refractivity (Wildman–Crippen MR) is 160 cm³/mol. The third-order valence-electron chi connectivity index (χ3n) is 6.12. The number of amidine groups is 1. The lowest BCUT2D eigenvalue weighted by molar-refractivity contribution is -0.122. The van der Waals surface area contributed by atoms with Crippen LogP contribution >= 0.6 is 23.4 Å². The number of halogens is 1. The fourth-order valence-electron chi connectivity index (χ4n) is 4.01. The molecule has 5 rings (SSSR count). The molecule has 0 aromatic heterocycles. The van der Waals surface area contributed by atoms with Gasteiger partial charge >= 0.3 is 0 Å². The Bertz CT molecular complexity index is 1520. The number of amides is 1. The van der Waals surface area contributed by atoms with Crippen molar-refractivity contribution in [2.75, 3.05) is 7.11 Å². The molecule has 0 saturated carbocycles. The zero-order valence-corrected chi connectivity index (χ0v) is 23.2. The minimum atomic E-state index is -0.0863. The second kappa shape index (κ2) is 12.2. The molecule has 1 aliphatic heterocycles. The van der Waals surface area contributed by atoms with Crippen molar-refractivity contribution < 1.29 is 14.3 Å². The van der Waals surface area contributed by atoms with E-state index in [1.807, 2.05) is 110 Å². The highest BCUT2D eigenvalue weighted by Crippen LogP contribution is 2.37. The molecule has 39 heavy (non-hydrogen) atoms. The van der Waals surface area contributed by atoms with Crippen molar-refractivity contribution in [1.29, 1.82) is 0 Å². The van der Waals surface area contributed by atoms with Crippen molar-refractivity contribution in [3.8, 4) is 11.5 Å². The van der Waals surface area contributed by atoms with E-state index in [-0.39, 0.29) is 5.91 Å². The van der Waals surface area contributed by atoms with E-state index in [0.29, 0.717) is 39.7 Å². The number of hydrogen-bond acceptors (Lipinski definition) is 5. The lowest BCUT2D eigenvalue weighted by Gasteiger charge is -2.15. The fraction of sp³-hybridized carbons (Fsp3) is 0.125. The van der Waals surface area contributed by atoms with Crippen LogP contribution in [-0.4, -0.2) is 23.1 Å². The standard InChI is InChI=1S/C32H27ClN2O3S/c1-22-8-15-27(16-9-22)34-32-35(20-23-6-4-3-5-7-23)31(36)30(39-32)19-25-12-17-28(29(18-25)37-2)38-21-24-10-13-26(33)14-11-24/h3-19H,20-21H2,1-2H3/b30-19+,34-32?. The van der Waals surface area contributed by atoms with Crippen LogP contribution in [0.4, 0.5) is 5.69 Å². The maximum Gasteiger partial charge on any atom is 0.267 e. The monoisotopic (exact) mass is 554 g/mol. The summed E-state index contributed by atoms with van der Waals surface area (Å²) in [6, 6.07) is 31.0. The number of thioether (sulfide) groups is 1. The van der Waals surface area contributed by atoms with E-state index in [9.17, 15) is 4.79 Å². The number of ether oxygens (including phenoxy) is 2. The Morgan fingerprint density at radius 3 is 2.36 bits per heavy atom. The summed E-state index contributed by atoms with van der Waals surface area (Å²) >= 11 is 7.35. The van der Waals surface area contributed by atoms with Crippen LogP contribution in [0.5, 0.6) is 11.5 Å². The Morgan fingerprint density at radius 1 is 0.897 bits per heavy atom. The van der Waals surface area contributed by atoms with Crippen LogP contribution in [0, 0.1) is 6.92 Å². The number of rotatable bonds is 8. The highest BCUT2D eigenvalue weighted by molar-refractivity contribution is 8.18. The second-order valence-electron chi connectivity index (χ2n) is 9.04. The Kier molecular flexibility index (Phi) is 8.35. The quantitative estimate of drug-likeness (QED) is 0.207. The van der Waals surface area contributed by atoms with Crippen LogP contribution in [0.25, 0.3) is 6.08 Å². The maximum atomic E-state index is 13.6. The molecule has 7 heteroatoms. The first-order valence-electron chi connectivity index (χ1n) is 12.4. The summed E-state index contributed by atoms with van der Waals surface area (Å²) in [6.45, 7) is 2.86. The Balaban J connectivity index is 1.40. The van der Waals surface area contributed by atoms with Gasteiger partial charge in [-0.2, -0.15) is 0 Å². The van der Waals surface area contributed by atoms with Crippen LogP contribution in [-0.2, 0) is 17.9 Å². The molecule has 1 heterocycles. The van der Waals surface area contributed by atoms with Crippen molar-refractivity contribution in [2.45, 2.75) is 20.1 Å². The van der Waals surface area contributed by atoms with Gasteiger partial charge in [0.1, 0.15) is 6.61 Å². The maximum absolute atomic E-state index is 13.6. The number of carbonyl (C=O) groups excluding carboxylic acids is 1. The molecular weight excluding hydrogens is 528 g/mol. The van der Waals surface area contributed by atoms with E-state index in [1.54, 1.807) is 12.0 Å². The highest BCUT2D eigenvalue weighted by Gasteiger charge is 2.33. The number of aliphatic imine (C=N–C) groups is 1. The molecule has 0 radical (unpaired) electrons. The van der Waals surface area contributed by atoms with Gasteiger partial charge in [-0.1, -0.05) is 77.8 Å². The minimum absolute atomic E-state index is 0.0863. The van der Waals surface area contributed by atoms with E-state index in [2.05, 4.69) is 0 Å². The Hall–Kier alpha value is -4.00. The zero-order chi connectivity index (χ0) is 27.2. The van der Waals surface area contributed by atoms with Crippen molar-refractivity contribution in [3.63, 3.8) is 0 Å². The highest BCUT2D eigenvalue weighted by atomic mass is 35.5. The molecule has 1 aliphatic rings. The van der Waals surface area contributed by atoms with Crippen LogP contribution < -0.4 is 9.47 Å². The molecule has 0 spiro atoms. The number of benzene rings is 4. The summed E-state index contributed by atoms with van der Waals surface area (Å²) in [5.41, 5.74) is 4.83. The van der Waals surface area contributed by atoms with Gasteiger partial charge in [-0.05, 0) is 77.9 Å². The third-order valence-corrected chi connectivity index (χ3v) is 7.38. The van der Waals surface area contributed by atoms with Crippen molar-refractivity contribution in [3.05, 3.63) is 129 Å². The van der Waals surface area contributed by atoms with Crippen LogP contribution in [0.15, 0.2) is 107 Å². The summed E-state index contributed by atoms with van der Waals surface area (Å²) in [4.78, 5) is 20.7. The van der Waals surface area contributed by atoms with Gasteiger partial charge in [-0.25, -0.2) is 4.99 Å². The van der Waals surface area contributed by atoms with Crippen LogP contribution in [0.2, 0.25) is 5.02 Å². The summed E-state index contributed by atoms with van der Waals surface area (Å²) in [6.07, 6.45) is 1.87. The molecule has 1 fully saturated rings. The molecule has 4 aromatic carbocycles. The molecule has 0 aliphatic carbocycles. The lowest BCUT2D eigenvalue weighted by atomic mass is 10.1. The molecule has 5 nitrogen and oxygen atoms in total. The largest absolute Gasteiger partial charge is 0.493 e. The van der Waals surface area contributed by atoms with Gasteiger partial charge in [0.05, 0.1) is 24.2 Å². The first-order valence-corrected chi connectivity index (χ1v) is 13.6.